The standard InChI is InChI=1S/C20H29ClN4O/c1-14-11-25(12-15(2)26-14)13-18-8-6-5-7-17(18)9-22-10-19-16(3)23-24(4)20(19)21/h5-8,14-15,22H,9-13H2,1-4H3/t14-,15+. The van der Waals surface area contributed by atoms with Crippen LogP contribution in [0.25, 0.3) is 0 Å². The van der Waals surface area contributed by atoms with E-state index in [0.29, 0.717) is 17.4 Å². The van der Waals surface area contributed by atoms with Crippen molar-refractivity contribution in [1.29, 1.82) is 0 Å². The SMILES string of the molecule is Cc1nn(C)c(Cl)c1CNCc1ccccc1CN1C[C@@H](C)O[C@@H](C)C1. The second-order valence-electron chi connectivity index (χ2n) is 7.30. The van der Waals surface area contributed by atoms with Gasteiger partial charge in [-0.25, -0.2) is 0 Å². The highest BCUT2D eigenvalue weighted by molar-refractivity contribution is 6.30. The summed E-state index contributed by atoms with van der Waals surface area (Å²) in [5.74, 6) is 0. The van der Waals surface area contributed by atoms with Crippen LogP contribution in [-0.4, -0.2) is 40.0 Å². The largest absolute Gasteiger partial charge is 0.373 e. The third-order valence-electron chi connectivity index (χ3n) is 4.89. The maximum atomic E-state index is 6.33. The maximum absolute atomic E-state index is 6.33. The predicted octanol–water partition coefficient (Wildman–Crippen LogP) is 3.28. The van der Waals surface area contributed by atoms with Crippen LogP contribution in [0, 0.1) is 6.92 Å². The molecule has 0 saturated carbocycles. The number of morpholine rings is 1. The third kappa shape index (κ3) is 4.65. The number of nitrogens with zero attached hydrogens (tertiary/aromatic N) is 3. The zero-order valence-electron chi connectivity index (χ0n) is 16.1. The average Bonchev–Trinajstić information content (AvgIpc) is 2.81. The van der Waals surface area contributed by atoms with Crippen molar-refractivity contribution in [2.45, 2.75) is 52.6 Å². The van der Waals surface area contributed by atoms with E-state index in [1.807, 2.05) is 14.0 Å². The number of ether oxygens (including phenoxy) is 1. The lowest BCUT2D eigenvalue weighted by atomic mass is 10.1. The van der Waals surface area contributed by atoms with E-state index >= 15 is 0 Å². The fraction of sp³-hybridized carbons (Fsp3) is 0.550. The number of rotatable bonds is 6. The fourth-order valence-corrected chi connectivity index (χ4v) is 3.98. The molecule has 0 spiro atoms. The minimum atomic E-state index is 0.291. The topological polar surface area (TPSA) is 42.3 Å². The highest BCUT2D eigenvalue weighted by Crippen LogP contribution is 2.19. The first-order valence-corrected chi connectivity index (χ1v) is 9.65. The molecule has 142 valence electrons. The normalized spacial score (nSPS) is 21.3. The maximum Gasteiger partial charge on any atom is 0.131 e. The van der Waals surface area contributed by atoms with E-state index in [-0.39, 0.29) is 0 Å². The Hall–Kier alpha value is -1.40. The summed E-state index contributed by atoms with van der Waals surface area (Å²) in [5.41, 5.74) is 4.75. The number of hydrogen-bond donors (Lipinski definition) is 1. The van der Waals surface area contributed by atoms with Crippen LogP contribution in [0.3, 0.4) is 0 Å². The third-order valence-corrected chi connectivity index (χ3v) is 5.37. The molecule has 6 heteroatoms. The Balaban J connectivity index is 1.62. The predicted molar refractivity (Wildman–Crippen MR) is 105 cm³/mol. The molecule has 0 radical (unpaired) electrons. The van der Waals surface area contributed by atoms with Crippen molar-refractivity contribution in [3.63, 3.8) is 0 Å². The van der Waals surface area contributed by atoms with Gasteiger partial charge in [-0.3, -0.25) is 9.58 Å². The summed E-state index contributed by atoms with van der Waals surface area (Å²) in [6.07, 6.45) is 0.583. The minimum absolute atomic E-state index is 0.291. The van der Waals surface area contributed by atoms with Gasteiger partial charge in [0.05, 0.1) is 17.9 Å². The van der Waals surface area contributed by atoms with E-state index in [9.17, 15) is 0 Å². The zero-order valence-corrected chi connectivity index (χ0v) is 16.9. The Bertz CT molecular complexity index is 735. The number of benzene rings is 1. The van der Waals surface area contributed by atoms with Gasteiger partial charge < -0.3 is 10.1 Å². The Kier molecular flexibility index (Phi) is 6.35. The molecule has 1 aliphatic heterocycles. The van der Waals surface area contributed by atoms with Crippen molar-refractivity contribution in [2.75, 3.05) is 13.1 Å². The van der Waals surface area contributed by atoms with E-state index in [0.717, 1.165) is 44.0 Å². The first-order chi connectivity index (χ1) is 12.4. The molecule has 2 heterocycles. The van der Waals surface area contributed by atoms with Crippen molar-refractivity contribution >= 4 is 11.6 Å². The van der Waals surface area contributed by atoms with Gasteiger partial charge in [0.25, 0.3) is 0 Å². The van der Waals surface area contributed by atoms with Crippen molar-refractivity contribution in [1.82, 2.24) is 20.0 Å². The molecule has 5 nitrogen and oxygen atoms in total. The fourth-order valence-electron chi connectivity index (χ4n) is 3.74. The summed E-state index contributed by atoms with van der Waals surface area (Å²) in [4.78, 5) is 2.49. The molecule has 2 atom stereocenters. The van der Waals surface area contributed by atoms with Gasteiger partial charge in [-0.15, -0.1) is 0 Å². The zero-order chi connectivity index (χ0) is 18.7. The van der Waals surface area contributed by atoms with Gasteiger partial charge in [0.1, 0.15) is 5.15 Å². The quantitative estimate of drug-likeness (QED) is 0.840. The molecule has 1 aromatic heterocycles. The molecule has 1 saturated heterocycles. The second kappa shape index (κ2) is 8.53. The molecular formula is C20H29ClN4O. The van der Waals surface area contributed by atoms with Crippen LogP contribution in [0.4, 0.5) is 0 Å². The van der Waals surface area contributed by atoms with Gasteiger partial charge in [-0.05, 0) is 31.9 Å². The van der Waals surface area contributed by atoms with Crippen LogP contribution >= 0.6 is 11.6 Å². The summed E-state index contributed by atoms with van der Waals surface area (Å²) >= 11 is 6.33. The van der Waals surface area contributed by atoms with Gasteiger partial charge in [0.2, 0.25) is 0 Å². The van der Waals surface area contributed by atoms with Crippen LogP contribution in [0.1, 0.15) is 36.2 Å². The summed E-state index contributed by atoms with van der Waals surface area (Å²) < 4.78 is 7.57. The lowest BCUT2D eigenvalue weighted by Crippen LogP contribution is -2.45. The lowest BCUT2D eigenvalue weighted by Gasteiger charge is -2.35. The molecule has 1 aliphatic rings. The van der Waals surface area contributed by atoms with Gasteiger partial charge in [0, 0.05) is 45.3 Å². The molecule has 1 aromatic carbocycles. The van der Waals surface area contributed by atoms with Crippen LogP contribution in [0.2, 0.25) is 5.15 Å². The molecule has 1 fully saturated rings. The van der Waals surface area contributed by atoms with Gasteiger partial charge in [-0.2, -0.15) is 5.10 Å². The smallest absolute Gasteiger partial charge is 0.131 e. The van der Waals surface area contributed by atoms with Gasteiger partial charge >= 0.3 is 0 Å². The highest BCUT2D eigenvalue weighted by Gasteiger charge is 2.22. The Labute approximate surface area is 161 Å². The second-order valence-corrected chi connectivity index (χ2v) is 7.66. The monoisotopic (exact) mass is 376 g/mol. The number of hydrogen-bond acceptors (Lipinski definition) is 4. The van der Waals surface area contributed by atoms with Crippen molar-refractivity contribution < 1.29 is 4.74 Å². The molecule has 1 N–H and O–H groups in total. The number of aryl methyl sites for hydroxylation is 2. The first kappa shape index (κ1) is 19.4. The Morgan fingerprint density at radius 3 is 2.42 bits per heavy atom. The van der Waals surface area contributed by atoms with Crippen LogP contribution in [-0.2, 0) is 31.4 Å². The van der Waals surface area contributed by atoms with Gasteiger partial charge in [-0.1, -0.05) is 35.9 Å². The van der Waals surface area contributed by atoms with Crippen molar-refractivity contribution in [3.8, 4) is 0 Å². The van der Waals surface area contributed by atoms with E-state index in [1.54, 1.807) is 4.68 Å². The lowest BCUT2D eigenvalue weighted by molar-refractivity contribution is -0.0705. The number of halogens is 1. The van der Waals surface area contributed by atoms with E-state index in [2.05, 4.69) is 53.4 Å². The van der Waals surface area contributed by atoms with Crippen LogP contribution in [0.15, 0.2) is 24.3 Å². The summed E-state index contributed by atoms with van der Waals surface area (Å²) in [6.45, 7) is 10.8. The first-order valence-electron chi connectivity index (χ1n) is 9.27. The van der Waals surface area contributed by atoms with Crippen LogP contribution in [0.5, 0.6) is 0 Å². The number of aromatic nitrogens is 2. The molecule has 2 aromatic rings. The highest BCUT2D eigenvalue weighted by atomic mass is 35.5. The summed E-state index contributed by atoms with van der Waals surface area (Å²) in [7, 11) is 1.87. The molecule has 0 bridgehead atoms. The van der Waals surface area contributed by atoms with Crippen molar-refractivity contribution in [3.05, 3.63) is 51.8 Å². The van der Waals surface area contributed by atoms with E-state index in [1.165, 1.54) is 11.1 Å². The molecule has 0 aliphatic carbocycles. The Morgan fingerprint density at radius 1 is 1.15 bits per heavy atom. The minimum Gasteiger partial charge on any atom is -0.373 e. The van der Waals surface area contributed by atoms with E-state index in [4.69, 9.17) is 16.3 Å². The van der Waals surface area contributed by atoms with Crippen molar-refractivity contribution in [2.24, 2.45) is 7.05 Å². The van der Waals surface area contributed by atoms with Gasteiger partial charge in [0.15, 0.2) is 0 Å². The molecule has 0 unspecified atom stereocenters. The van der Waals surface area contributed by atoms with Crippen LogP contribution < -0.4 is 5.32 Å². The van der Waals surface area contributed by atoms with E-state index < -0.39 is 0 Å². The molecule has 26 heavy (non-hydrogen) atoms. The summed E-state index contributed by atoms with van der Waals surface area (Å²) in [6, 6.07) is 8.65. The molecular weight excluding hydrogens is 348 g/mol. The molecule has 0 amide bonds. The Morgan fingerprint density at radius 2 is 1.81 bits per heavy atom. The average molecular weight is 377 g/mol. The summed E-state index contributed by atoms with van der Waals surface area (Å²) in [5, 5.41) is 8.61. The number of nitrogens with one attached hydrogen (secondary N) is 1. The molecule has 3 rings (SSSR count).